The van der Waals surface area contributed by atoms with Crippen LogP contribution in [-0.2, 0) is 15.4 Å². The van der Waals surface area contributed by atoms with Crippen molar-refractivity contribution >= 4 is 19.1 Å². The van der Waals surface area contributed by atoms with E-state index in [2.05, 4.69) is 13.9 Å². The summed E-state index contributed by atoms with van der Waals surface area (Å²) >= 11 is 1.29. The SMILES string of the molecule is COP(=O)([O-])C[n+]1ccc(-c2ncns2)cc1. The molecule has 2 heterocycles. The van der Waals surface area contributed by atoms with Crippen LogP contribution in [0.25, 0.3) is 10.6 Å². The molecule has 2 aromatic heterocycles. The summed E-state index contributed by atoms with van der Waals surface area (Å²) in [5.74, 6) is 0. The summed E-state index contributed by atoms with van der Waals surface area (Å²) in [5.41, 5.74) is 0.905. The lowest BCUT2D eigenvalue weighted by molar-refractivity contribution is -0.682. The smallest absolute Gasteiger partial charge is 0.210 e. The highest BCUT2D eigenvalue weighted by molar-refractivity contribution is 7.49. The lowest BCUT2D eigenvalue weighted by atomic mass is 10.3. The van der Waals surface area contributed by atoms with Crippen LogP contribution < -0.4 is 9.46 Å². The van der Waals surface area contributed by atoms with Gasteiger partial charge in [0.1, 0.15) is 11.3 Å². The van der Waals surface area contributed by atoms with Gasteiger partial charge in [-0.2, -0.15) is 8.94 Å². The van der Waals surface area contributed by atoms with Crippen LogP contribution in [0.4, 0.5) is 0 Å². The molecule has 0 N–H and O–H groups in total. The fourth-order valence-corrected chi connectivity index (χ4v) is 2.49. The highest BCUT2D eigenvalue weighted by atomic mass is 32.1. The van der Waals surface area contributed by atoms with Crippen molar-refractivity contribution in [3.63, 3.8) is 0 Å². The molecule has 2 rings (SSSR count). The minimum atomic E-state index is -3.78. The molecule has 0 aliphatic rings. The van der Waals surface area contributed by atoms with Crippen LogP contribution in [0.15, 0.2) is 30.9 Å². The maximum atomic E-state index is 11.2. The lowest BCUT2D eigenvalue weighted by Crippen LogP contribution is -2.34. The number of hydrogen-bond donors (Lipinski definition) is 0. The van der Waals surface area contributed by atoms with Gasteiger partial charge in [-0.25, -0.2) is 4.98 Å². The molecule has 0 amide bonds. The van der Waals surface area contributed by atoms with Crippen LogP contribution >= 0.6 is 19.1 Å². The summed E-state index contributed by atoms with van der Waals surface area (Å²) in [4.78, 5) is 15.3. The maximum Gasteiger partial charge on any atom is 0.210 e. The van der Waals surface area contributed by atoms with E-state index >= 15 is 0 Å². The molecule has 90 valence electrons. The van der Waals surface area contributed by atoms with Crippen molar-refractivity contribution in [2.24, 2.45) is 0 Å². The average Bonchev–Trinajstić information content (AvgIpc) is 2.83. The molecule has 17 heavy (non-hydrogen) atoms. The van der Waals surface area contributed by atoms with Gasteiger partial charge in [0.2, 0.25) is 6.29 Å². The summed E-state index contributed by atoms with van der Waals surface area (Å²) in [7, 11) is -2.63. The normalized spacial score (nSPS) is 14.5. The predicted molar refractivity (Wildman–Crippen MR) is 60.2 cm³/mol. The number of pyridine rings is 1. The topological polar surface area (TPSA) is 79.0 Å². The van der Waals surface area contributed by atoms with Gasteiger partial charge in [-0.05, 0) is 11.5 Å². The fraction of sp³-hybridized carbons (Fsp3) is 0.222. The van der Waals surface area contributed by atoms with E-state index in [0.29, 0.717) is 0 Å². The van der Waals surface area contributed by atoms with Crippen LogP contribution in [-0.4, -0.2) is 16.5 Å². The molecule has 6 nitrogen and oxygen atoms in total. The monoisotopic (exact) mass is 271 g/mol. The molecule has 2 aromatic rings. The van der Waals surface area contributed by atoms with E-state index in [1.807, 2.05) is 0 Å². The molecular weight excluding hydrogens is 261 g/mol. The van der Waals surface area contributed by atoms with Crippen LogP contribution in [0.5, 0.6) is 0 Å². The second-order valence-electron chi connectivity index (χ2n) is 3.28. The van der Waals surface area contributed by atoms with Crippen molar-refractivity contribution in [3.05, 3.63) is 30.9 Å². The summed E-state index contributed by atoms with van der Waals surface area (Å²) in [6, 6.07) is 3.58. The molecule has 0 saturated carbocycles. The Bertz CT molecular complexity index is 529. The Morgan fingerprint density at radius 1 is 1.53 bits per heavy atom. The minimum Gasteiger partial charge on any atom is -0.774 e. The third-order valence-electron chi connectivity index (χ3n) is 2.11. The van der Waals surface area contributed by atoms with Gasteiger partial charge in [0.25, 0.3) is 0 Å². The van der Waals surface area contributed by atoms with Crippen LogP contribution in [0.1, 0.15) is 0 Å². The molecule has 8 heteroatoms. The van der Waals surface area contributed by atoms with E-state index in [-0.39, 0.29) is 6.29 Å². The fourth-order valence-electron chi connectivity index (χ4n) is 1.25. The summed E-state index contributed by atoms with van der Waals surface area (Å²) in [5, 5.41) is 0.800. The third kappa shape index (κ3) is 3.17. The number of aromatic nitrogens is 3. The van der Waals surface area contributed by atoms with E-state index in [0.717, 1.165) is 17.7 Å². The highest BCUT2D eigenvalue weighted by Crippen LogP contribution is 2.35. The minimum absolute atomic E-state index is 0.181. The standard InChI is InChI=1S/C9H10N3O3PS/c1-15-16(13,14)7-12-4-2-8(3-5-12)9-10-6-11-17-9/h2-6H,7H2,1H3. The maximum absolute atomic E-state index is 11.2. The molecule has 0 bridgehead atoms. The van der Waals surface area contributed by atoms with Crippen molar-refractivity contribution < 1.29 is 18.5 Å². The predicted octanol–water partition coefficient (Wildman–Crippen LogP) is 0.650. The molecule has 0 aromatic carbocycles. The van der Waals surface area contributed by atoms with Crippen molar-refractivity contribution in [2.75, 3.05) is 7.11 Å². The van der Waals surface area contributed by atoms with Crippen LogP contribution in [0, 0.1) is 0 Å². The Labute approximate surface area is 102 Å². The zero-order valence-corrected chi connectivity index (χ0v) is 10.7. The van der Waals surface area contributed by atoms with Gasteiger partial charge in [0.15, 0.2) is 20.0 Å². The first-order valence-electron chi connectivity index (χ1n) is 4.73. The first kappa shape index (κ1) is 12.3. The van der Waals surface area contributed by atoms with Crippen molar-refractivity contribution in [2.45, 2.75) is 6.29 Å². The first-order valence-corrected chi connectivity index (χ1v) is 7.23. The van der Waals surface area contributed by atoms with Gasteiger partial charge in [-0.3, -0.25) is 0 Å². The highest BCUT2D eigenvalue weighted by Gasteiger charge is 2.13. The Hall–Kier alpha value is -1.14. The van der Waals surface area contributed by atoms with Crippen molar-refractivity contribution in [1.82, 2.24) is 9.36 Å². The first-order chi connectivity index (χ1) is 8.11. The molecule has 1 atom stereocenters. The average molecular weight is 271 g/mol. The molecule has 0 radical (unpaired) electrons. The van der Waals surface area contributed by atoms with Gasteiger partial charge in [0, 0.05) is 24.8 Å². The number of rotatable bonds is 4. The number of nitrogens with zero attached hydrogens (tertiary/aromatic N) is 3. The molecule has 1 unspecified atom stereocenters. The van der Waals surface area contributed by atoms with Crippen molar-refractivity contribution in [3.8, 4) is 10.6 Å². The Morgan fingerprint density at radius 3 is 2.76 bits per heavy atom. The molecule has 0 spiro atoms. The van der Waals surface area contributed by atoms with E-state index < -0.39 is 7.60 Å². The molecule has 0 aliphatic carbocycles. The Balaban J connectivity index is 2.17. The molecule has 0 fully saturated rings. The van der Waals surface area contributed by atoms with Gasteiger partial charge < -0.3 is 14.0 Å². The zero-order valence-electron chi connectivity index (χ0n) is 9.02. The Kier molecular flexibility index (Phi) is 3.63. The summed E-state index contributed by atoms with van der Waals surface area (Å²) in [6.45, 7) is 0. The molecular formula is C9H10N3O3PS. The summed E-state index contributed by atoms with van der Waals surface area (Å²) < 4.78 is 21.1. The second kappa shape index (κ2) is 5.01. The van der Waals surface area contributed by atoms with Gasteiger partial charge in [-0.15, -0.1) is 0 Å². The summed E-state index contributed by atoms with van der Waals surface area (Å²) in [6.07, 6.45) is 4.64. The van der Waals surface area contributed by atoms with Gasteiger partial charge >= 0.3 is 0 Å². The number of hydrogen-bond acceptors (Lipinski definition) is 6. The van der Waals surface area contributed by atoms with E-state index in [1.165, 1.54) is 22.4 Å². The van der Waals surface area contributed by atoms with Crippen LogP contribution in [0.3, 0.4) is 0 Å². The molecule has 0 aliphatic heterocycles. The largest absolute Gasteiger partial charge is 0.774 e. The van der Waals surface area contributed by atoms with E-state index in [1.54, 1.807) is 24.5 Å². The van der Waals surface area contributed by atoms with E-state index in [9.17, 15) is 9.46 Å². The van der Waals surface area contributed by atoms with Crippen molar-refractivity contribution in [1.29, 1.82) is 0 Å². The molecule has 0 saturated heterocycles. The quantitative estimate of drug-likeness (QED) is 0.602. The van der Waals surface area contributed by atoms with Gasteiger partial charge in [0.05, 0.1) is 0 Å². The van der Waals surface area contributed by atoms with Gasteiger partial charge in [-0.1, -0.05) is 0 Å². The second-order valence-corrected chi connectivity index (χ2v) is 5.93. The third-order valence-corrected chi connectivity index (χ3v) is 4.06. The zero-order chi connectivity index (χ0) is 12.3. The van der Waals surface area contributed by atoms with Crippen LogP contribution in [0.2, 0.25) is 0 Å². The van der Waals surface area contributed by atoms with E-state index in [4.69, 9.17) is 0 Å². The lowest BCUT2D eigenvalue weighted by Gasteiger charge is -2.16. The Morgan fingerprint density at radius 2 is 2.24 bits per heavy atom.